The summed E-state index contributed by atoms with van der Waals surface area (Å²) in [5.41, 5.74) is 0.846. The zero-order chi connectivity index (χ0) is 21.1. The molecule has 158 valence electrons. The fourth-order valence-electron chi connectivity index (χ4n) is 3.98. The minimum atomic E-state index is -0.261. The molecular formula is C23H28N2O5+2. The van der Waals surface area contributed by atoms with Crippen molar-refractivity contribution in [2.24, 2.45) is 0 Å². The molecule has 0 atom stereocenters. The molecule has 4 rings (SSSR count). The van der Waals surface area contributed by atoms with E-state index in [0.717, 1.165) is 32.7 Å². The first kappa shape index (κ1) is 20.3. The maximum absolute atomic E-state index is 13.0. The van der Waals surface area contributed by atoms with Crippen molar-refractivity contribution >= 4 is 11.0 Å². The zero-order valence-electron chi connectivity index (χ0n) is 17.4. The van der Waals surface area contributed by atoms with Crippen LogP contribution in [0.3, 0.4) is 0 Å². The van der Waals surface area contributed by atoms with E-state index >= 15 is 0 Å². The van der Waals surface area contributed by atoms with Gasteiger partial charge in [-0.05, 0) is 43.3 Å². The molecule has 7 heteroatoms. The second-order valence-corrected chi connectivity index (χ2v) is 7.68. The fourth-order valence-corrected chi connectivity index (χ4v) is 3.98. The monoisotopic (exact) mass is 412 g/mol. The molecule has 1 saturated heterocycles. The van der Waals surface area contributed by atoms with E-state index in [1.807, 2.05) is 0 Å². The van der Waals surface area contributed by atoms with E-state index in [1.165, 1.54) is 11.2 Å². The van der Waals surface area contributed by atoms with Gasteiger partial charge in [-0.25, -0.2) is 0 Å². The molecule has 1 aromatic heterocycles. The van der Waals surface area contributed by atoms with Crippen LogP contribution in [0.1, 0.15) is 12.5 Å². The minimum Gasteiger partial charge on any atom is -0.507 e. The molecule has 30 heavy (non-hydrogen) atoms. The number of methoxy groups -OCH3 is 1. The summed E-state index contributed by atoms with van der Waals surface area (Å²) >= 11 is 0. The van der Waals surface area contributed by atoms with Crippen LogP contribution in [0.5, 0.6) is 23.0 Å². The lowest BCUT2D eigenvalue weighted by Crippen LogP contribution is -3.27. The number of quaternary nitrogens is 2. The Balaban J connectivity index is 1.61. The summed E-state index contributed by atoms with van der Waals surface area (Å²) in [6.45, 7) is 8.25. The molecule has 3 aromatic rings. The summed E-state index contributed by atoms with van der Waals surface area (Å²) in [5, 5.41) is 10.9. The normalized spacial score (nSPS) is 19.0. The van der Waals surface area contributed by atoms with E-state index in [2.05, 4.69) is 6.92 Å². The van der Waals surface area contributed by atoms with Crippen molar-refractivity contribution in [1.82, 2.24) is 0 Å². The number of piperazine rings is 1. The topological polar surface area (TPSA) is 77.8 Å². The molecular weight excluding hydrogens is 384 g/mol. The van der Waals surface area contributed by atoms with Gasteiger partial charge in [0.25, 0.3) is 0 Å². The van der Waals surface area contributed by atoms with E-state index in [9.17, 15) is 9.90 Å². The molecule has 0 aliphatic carbocycles. The average Bonchev–Trinajstić information content (AvgIpc) is 2.78. The van der Waals surface area contributed by atoms with Crippen molar-refractivity contribution in [3.63, 3.8) is 0 Å². The summed E-state index contributed by atoms with van der Waals surface area (Å²) in [7, 11) is 1.59. The van der Waals surface area contributed by atoms with Crippen LogP contribution in [0.4, 0.5) is 0 Å². The van der Waals surface area contributed by atoms with Gasteiger partial charge in [0.15, 0.2) is 5.58 Å². The third-order valence-electron chi connectivity index (χ3n) is 5.87. The highest BCUT2D eigenvalue weighted by Crippen LogP contribution is 2.28. The molecule has 2 aromatic carbocycles. The third kappa shape index (κ3) is 4.13. The van der Waals surface area contributed by atoms with Gasteiger partial charge in [-0.3, -0.25) is 4.79 Å². The molecule has 1 aliphatic rings. The van der Waals surface area contributed by atoms with E-state index in [0.29, 0.717) is 34.6 Å². The van der Waals surface area contributed by atoms with Crippen molar-refractivity contribution in [3.05, 3.63) is 58.4 Å². The quantitative estimate of drug-likeness (QED) is 0.553. The smallest absolute Gasteiger partial charge is 0.235 e. The molecule has 3 N–H and O–H groups in total. The highest BCUT2D eigenvalue weighted by molar-refractivity contribution is 5.82. The Morgan fingerprint density at radius 2 is 1.67 bits per heavy atom. The molecule has 1 fully saturated rings. The van der Waals surface area contributed by atoms with Gasteiger partial charge in [0, 0.05) is 0 Å². The zero-order valence-corrected chi connectivity index (χ0v) is 17.4. The lowest BCUT2D eigenvalue weighted by molar-refractivity contribution is -1.02. The van der Waals surface area contributed by atoms with Crippen LogP contribution in [0, 0.1) is 0 Å². The first-order chi connectivity index (χ1) is 14.6. The van der Waals surface area contributed by atoms with Gasteiger partial charge in [0.05, 0.1) is 24.6 Å². The van der Waals surface area contributed by atoms with Crippen LogP contribution < -0.4 is 24.7 Å². The molecule has 0 saturated carbocycles. The van der Waals surface area contributed by atoms with Crippen LogP contribution in [0.15, 0.2) is 51.9 Å². The Morgan fingerprint density at radius 1 is 1.00 bits per heavy atom. The molecule has 0 radical (unpaired) electrons. The van der Waals surface area contributed by atoms with E-state index in [4.69, 9.17) is 13.9 Å². The highest BCUT2D eigenvalue weighted by Gasteiger charge is 2.25. The van der Waals surface area contributed by atoms with Crippen LogP contribution in [0.2, 0.25) is 0 Å². The van der Waals surface area contributed by atoms with Gasteiger partial charge >= 0.3 is 0 Å². The summed E-state index contributed by atoms with van der Waals surface area (Å²) in [6.07, 6.45) is 1.33. The van der Waals surface area contributed by atoms with Crippen LogP contribution in [-0.2, 0) is 6.54 Å². The van der Waals surface area contributed by atoms with E-state index in [1.54, 1.807) is 48.4 Å². The van der Waals surface area contributed by atoms with E-state index in [-0.39, 0.29) is 16.9 Å². The van der Waals surface area contributed by atoms with Gasteiger partial charge in [-0.2, -0.15) is 0 Å². The number of phenols is 1. The lowest BCUT2D eigenvalue weighted by Gasteiger charge is -2.29. The Bertz CT molecular complexity index is 1070. The van der Waals surface area contributed by atoms with Crippen LogP contribution in [-0.4, -0.2) is 44.9 Å². The number of phenolic OH excluding ortho intramolecular Hbond substituents is 1. The van der Waals surface area contributed by atoms with Crippen LogP contribution >= 0.6 is 0 Å². The van der Waals surface area contributed by atoms with Crippen molar-refractivity contribution in [3.8, 4) is 23.0 Å². The molecule has 0 bridgehead atoms. The third-order valence-corrected chi connectivity index (χ3v) is 5.87. The predicted octanol–water partition coefficient (Wildman–Crippen LogP) is 0.603. The summed E-state index contributed by atoms with van der Waals surface area (Å²) in [5.74, 6) is 1.49. The largest absolute Gasteiger partial charge is 0.507 e. The molecule has 2 heterocycles. The fraction of sp³-hybridized carbons (Fsp3) is 0.348. The second kappa shape index (κ2) is 8.77. The first-order valence-corrected chi connectivity index (χ1v) is 10.3. The summed E-state index contributed by atoms with van der Waals surface area (Å²) in [4.78, 5) is 16.0. The Labute approximate surface area is 175 Å². The van der Waals surface area contributed by atoms with Gasteiger partial charge in [0.2, 0.25) is 11.2 Å². The summed E-state index contributed by atoms with van der Waals surface area (Å²) in [6, 6.07) is 10.1. The predicted molar refractivity (Wildman–Crippen MR) is 113 cm³/mol. The van der Waals surface area contributed by atoms with Crippen molar-refractivity contribution < 1.29 is 28.8 Å². The second-order valence-electron chi connectivity index (χ2n) is 7.68. The maximum atomic E-state index is 13.0. The number of fused-ring (bicyclic) bond motifs is 1. The molecule has 1 aliphatic heterocycles. The van der Waals surface area contributed by atoms with E-state index < -0.39 is 0 Å². The van der Waals surface area contributed by atoms with Crippen LogP contribution in [0.25, 0.3) is 11.0 Å². The van der Waals surface area contributed by atoms with Crippen molar-refractivity contribution in [2.45, 2.75) is 13.5 Å². The molecule has 0 unspecified atom stereocenters. The number of ether oxygens (including phenoxy) is 2. The van der Waals surface area contributed by atoms with Gasteiger partial charge in [-0.15, -0.1) is 0 Å². The number of benzene rings is 2. The molecule has 0 amide bonds. The highest BCUT2D eigenvalue weighted by atomic mass is 16.5. The van der Waals surface area contributed by atoms with Crippen molar-refractivity contribution in [2.75, 3.05) is 39.8 Å². The standard InChI is InChI=1S/C23H26N2O5/c1-3-24-10-12-25(13-11-24)14-19-20(26)9-8-18-22(27)21(15-29-23(18)19)30-17-6-4-16(28-2)5-7-17/h4-9,15,26H,3,10-14H2,1-2H3/p+2. The minimum absolute atomic E-state index is 0.108. The average molecular weight is 412 g/mol. The maximum Gasteiger partial charge on any atom is 0.235 e. The SMILES string of the molecule is CC[NH+]1CC[NH+](Cc2c(O)ccc3c(=O)c(Oc4ccc(OC)cc4)coc23)CC1. The molecule has 0 spiro atoms. The number of likely N-dealkylation sites (N-methyl/N-ethyl adjacent to an activating group) is 1. The Kier molecular flexibility index (Phi) is 5.92. The first-order valence-electron chi connectivity index (χ1n) is 10.3. The Hall–Kier alpha value is -3.03. The van der Waals surface area contributed by atoms with Gasteiger partial charge in [0.1, 0.15) is 56.2 Å². The number of aromatic hydroxyl groups is 1. The lowest BCUT2D eigenvalue weighted by atomic mass is 10.1. The number of hydrogen-bond acceptors (Lipinski definition) is 5. The van der Waals surface area contributed by atoms with Crippen molar-refractivity contribution in [1.29, 1.82) is 0 Å². The summed E-state index contributed by atoms with van der Waals surface area (Å²) < 4.78 is 16.7. The number of rotatable bonds is 6. The number of hydrogen-bond donors (Lipinski definition) is 3. The number of nitrogens with one attached hydrogen (secondary N) is 2. The molecule has 7 nitrogen and oxygen atoms in total. The van der Waals surface area contributed by atoms with Gasteiger partial charge < -0.3 is 28.8 Å². The Morgan fingerprint density at radius 3 is 2.33 bits per heavy atom. The van der Waals surface area contributed by atoms with Gasteiger partial charge in [-0.1, -0.05) is 0 Å².